The minimum absolute atomic E-state index is 0.0901. The van der Waals surface area contributed by atoms with E-state index in [0.29, 0.717) is 18.1 Å². The lowest BCUT2D eigenvalue weighted by Gasteiger charge is -2.09. The Morgan fingerprint density at radius 1 is 1.15 bits per heavy atom. The number of amides is 1. The highest BCUT2D eigenvalue weighted by molar-refractivity contribution is 5.95. The average Bonchev–Trinajstić information content (AvgIpc) is 2.66. The fourth-order valence-electron chi connectivity index (χ4n) is 2.09. The van der Waals surface area contributed by atoms with Crippen molar-refractivity contribution in [3.05, 3.63) is 78.6 Å². The fourth-order valence-corrected chi connectivity index (χ4v) is 2.09. The Bertz CT molecular complexity index is 753. The molecule has 0 aromatic heterocycles. The van der Waals surface area contributed by atoms with E-state index in [4.69, 9.17) is 0 Å². The predicted molar refractivity (Wildman–Crippen MR) is 111 cm³/mol. The number of hydrogen-bond acceptors (Lipinski definition) is 2. The van der Waals surface area contributed by atoms with Gasteiger partial charge >= 0.3 is 0 Å². The van der Waals surface area contributed by atoms with Crippen molar-refractivity contribution in [3.8, 4) is 0 Å². The Balaban J connectivity index is 3.13. The van der Waals surface area contributed by atoms with Crippen LogP contribution < -0.4 is 10.6 Å². The second-order valence-corrected chi connectivity index (χ2v) is 5.12. The lowest BCUT2D eigenvalue weighted by atomic mass is 10.1. The van der Waals surface area contributed by atoms with Gasteiger partial charge in [0.25, 0.3) is 5.91 Å². The molecule has 0 aliphatic carbocycles. The molecule has 0 fully saturated rings. The fraction of sp³-hybridized carbons (Fsp3) is 0.190. The van der Waals surface area contributed by atoms with Crippen molar-refractivity contribution >= 4 is 23.8 Å². The van der Waals surface area contributed by atoms with E-state index >= 15 is 0 Å². The molecule has 0 bridgehead atoms. The van der Waals surface area contributed by atoms with Crippen LogP contribution in [0.15, 0.2) is 77.4 Å². The van der Waals surface area contributed by atoms with Crippen molar-refractivity contribution in [1.29, 1.82) is 0 Å². The molecule has 0 saturated heterocycles. The standard InChI is InChI=1S/C21H26N4O/c1-6-11-18(7-2)24-21(23-10-5)25-19(8-3)16-12-14-17(15-13-16)20(26)22-9-4/h6-8,10-15H,1-2,9H2,3-5H3,(H,22,26)(H,24,25)/b18-11+,19-8-,23-10-. The number of carbonyl (C=O) groups is 1. The molecule has 0 saturated carbocycles. The third-order valence-electron chi connectivity index (χ3n) is 3.30. The van der Waals surface area contributed by atoms with Crippen molar-refractivity contribution in [2.24, 2.45) is 9.98 Å². The van der Waals surface area contributed by atoms with E-state index < -0.39 is 0 Å². The van der Waals surface area contributed by atoms with Crippen LogP contribution in [0.3, 0.4) is 0 Å². The van der Waals surface area contributed by atoms with Gasteiger partial charge in [-0.25, -0.2) is 9.98 Å². The summed E-state index contributed by atoms with van der Waals surface area (Å²) in [5.74, 6) is 0.342. The summed E-state index contributed by atoms with van der Waals surface area (Å²) >= 11 is 0. The number of carbonyl (C=O) groups excluding carboxylic acids is 1. The van der Waals surface area contributed by atoms with Crippen molar-refractivity contribution in [3.63, 3.8) is 0 Å². The van der Waals surface area contributed by atoms with Crippen molar-refractivity contribution in [1.82, 2.24) is 10.6 Å². The lowest BCUT2D eigenvalue weighted by Crippen LogP contribution is -2.22. The summed E-state index contributed by atoms with van der Waals surface area (Å²) in [5, 5.41) is 5.88. The Morgan fingerprint density at radius 3 is 2.31 bits per heavy atom. The van der Waals surface area contributed by atoms with Gasteiger partial charge in [-0.05, 0) is 50.6 Å². The van der Waals surface area contributed by atoms with Gasteiger partial charge in [-0.2, -0.15) is 0 Å². The van der Waals surface area contributed by atoms with Crippen LogP contribution in [0, 0.1) is 0 Å². The van der Waals surface area contributed by atoms with Crippen LogP contribution in [0.25, 0.3) is 5.70 Å². The zero-order valence-electron chi connectivity index (χ0n) is 15.6. The number of rotatable bonds is 7. The zero-order chi connectivity index (χ0) is 19.4. The SMILES string of the molecule is C=C/C=C(\C=C)NC(/N=C\C)=N\C(=C/C)c1ccc(C(=O)NCC)cc1. The first-order valence-electron chi connectivity index (χ1n) is 8.44. The smallest absolute Gasteiger partial charge is 0.251 e. The molecule has 0 aliphatic heterocycles. The first kappa shape index (κ1) is 20.8. The molecule has 2 N–H and O–H groups in total. The number of nitrogens with zero attached hydrogens (tertiary/aromatic N) is 2. The van der Waals surface area contributed by atoms with Gasteiger partial charge in [0.2, 0.25) is 5.96 Å². The molecule has 5 heteroatoms. The molecule has 26 heavy (non-hydrogen) atoms. The molecule has 1 aromatic carbocycles. The van der Waals surface area contributed by atoms with E-state index in [1.165, 1.54) is 0 Å². The Morgan fingerprint density at radius 2 is 1.81 bits per heavy atom. The number of aliphatic imine (C=N–C) groups is 2. The third kappa shape index (κ3) is 6.36. The van der Waals surface area contributed by atoms with E-state index in [0.717, 1.165) is 17.0 Å². The highest BCUT2D eigenvalue weighted by atomic mass is 16.1. The molecule has 1 aromatic rings. The van der Waals surface area contributed by atoms with Crippen LogP contribution in [0.5, 0.6) is 0 Å². The van der Waals surface area contributed by atoms with Gasteiger partial charge in [-0.15, -0.1) is 0 Å². The number of benzene rings is 1. The summed E-state index contributed by atoms with van der Waals surface area (Å²) in [6.45, 7) is 13.6. The summed E-state index contributed by atoms with van der Waals surface area (Å²) < 4.78 is 0. The van der Waals surface area contributed by atoms with Gasteiger partial charge in [0.15, 0.2) is 0 Å². The molecular formula is C21H26N4O. The molecule has 1 amide bonds. The third-order valence-corrected chi connectivity index (χ3v) is 3.30. The van der Waals surface area contributed by atoms with Gasteiger partial charge in [-0.3, -0.25) is 4.79 Å². The minimum Gasteiger partial charge on any atom is -0.352 e. The van der Waals surface area contributed by atoms with Crippen molar-refractivity contribution < 1.29 is 4.79 Å². The molecule has 0 radical (unpaired) electrons. The maximum absolute atomic E-state index is 11.9. The largest absolute Gasteiger partial charge is 0.352 e. The predicted octanol–water partition coefficient (Wildman–Crippen LogP) is 4.09. The maximum atomic E-state index is 11.9. The van der Waals surface area contributed by atoms with Crippen LogP contribution in [0.2, 0.25) is 0 Å². The van der Waals surface area contributed by atoms with Crippen molar-refractivity contribution in [2.45, 2.75) is 20.8 Å². The van der Waals surface area contributed by atoms with Crippen molar-refractivity contribution in [2.75, 3.05) is 6.54 Å². The van der Waals surface area contributed by atoms with Crippen LogP contribution >= 0.6 is 0 Å². The molecule has 136 valence electrons. The van der Waals surface area contributed by atoms with E-state index in [9.17, 15) is 4.79 Å². The molecule has 0 aliphatic rings. The number of nitrogens with one attached hydrogen (secondary N) is 2. The summed E-state index contributed by atoms with van der Waals surface area (Å²) in [6, 6.07) is 7.29. The topological polar surface area (TPSA) is 65.8 Å². The highest BCUT2D eigenvalue weighted by Gasteiger charge is 2.06. The number of allylic oxidation sites excluding steroid dienone is 4. The maximum Gasteiger partial charge on any atom is 0.251 e. The normalized spacial score (nSPS) is 12.8. The van der Waals surface area contributed by atoms with Gasteiger partial charge in [0.1, 0.15) is 0 Å². The van der Waals surface area contributed by atoms with E-state index in [2.05, 4.69) is 33.8 Å². The summed E-state index contributed by atoms with van der Waals surface area (Å²) in [6.07, 6.45) is 8.65. The quantitative estimate of drug-likeness (QED) is 0.442. The minimum atomic E-state index is -0.0901. The van der Waals surface area contributed by atoms with Crippen LogP contribution in [-0.4, -0.2) is 24.6 Å². The van der Waals surface area contributed by atoms with E-state index in [1.807, 2.05) is 39.0 Å². The molecule has 5 nitrogen and oxygen atoms in total. The zero-order valence-corrected chi connectivity index (χ0v) is 15.6. The van der Waals surface area contributed by atoms with Gasteiger partial charge < -0.3 is 10.6 Å². The molecular weight excluding hydrogens is 324 g/mol. The van der Waals surface area contributed by atoms with Gasteiger partial charge in [0, 0.05) is 24.0 Å². The Hall–Kier alpha value is -3.21. The van der Waals surface area contributed by atoms with Gasteiger partial charge in [-0.1, -0.05) is 37.4 Å². The first-order chi connectivity index (χ1) is 12.6. The molecule has 1 rings (SSSR count). The summed E-state index contributed by atoms with van der Waals surface area (Å²) in [5.41, 5.74) is 2.98. The van der Waals surface area contributed by atoms with E-state index in [1.54, 1.807) is 36.6 Å². The average molecular weight is 350 g/mol. The number of hydrogen-bond donors (Lipinski definition) is 2. The summed E-state index contributed by atoms with van der Waals surface area (Å²) in [4.78, 5) is 20.7. The molecule has 0 heterocycles. The highest BCUT2D eigenvalue weighted by Crippen LogP contribution is 2.17. The molecule has 0 spiro atoms. The molecule has 0 atom stereocenters. The van der Waals surface area contributed by atoms with Crippen LogP contribution in [0.4, 0.5) is 0 Å². The second kappa shape index (κ2) is 11.4. The van der Waals surface area contributed by atoms with Crippen LogP contribution in [-0.2, 0) is 0 Å². The summed E-state index contributed by atoms with van der Waals surface area (Å²) in [7, 11) is 0. The second-order valence-electron chi connectivity index (χ2n) is 5.12. The van der Waals surface area contributed by atoms with Crippen LogP contribution in [0.1, 0.15) is 36.7 Å². The first-order valence-corrected chi connectivity index (χ1v) is 8.44. The van der Waals surface area contributed by atoms with Gasteiger partial charge in [0.05, 0.1) is 5.70 Å². The Labute approximate surface area is 155 Å². The lowest BCUT2D eigenvalue weighted by molar-refractivity contribution is 0.0956. The Kier molecular flexibility index (Phi) is 9.10. The number of guanidine groups is 1. The monoisotopic (exact) mass is 350 g/mol. The van der Waals surface area contributed by atoms with E-state index in [-0.39, 0.29) is 5.91 Å². The molecule has 0 unspecified atom stereocenters.